The lowest BCUT2D eigenvalue weighted by Gasteiger charge is -2.30. The number of fused-ring (bicyclic) bond motifs is 3. The highest BCUT2D eigenvalue weighted by molar-refractivity contribution is 5.98. The average molecular weight is 701 g/mol. The molecule has 9 rings (SSSR count). The SMILES string of the molecule is NC1CCCCCC23C=CC=CC12C3.NC1CCCc2ccccc21.O=CC(=C\c1cccc2ccccc12)/C(=C/c1cccc2ccccc12)CO. The normalized spacial score (nSPS) is 24.6. The molecule has 0 heterocycles. The van der Waals surface area contributed by atoms with E-state index in [1.165, 1.54) is 62.5 Å². The summed E-state index contributed by atoms with van der Waals surface area (Å²) in [6.45, 7) is -0.210. The molecule has 4 nitrogen and oxygen atoms in total. The van der Waals surface area contributed by atoms with Gasteiger partial charge in [-0.3, -0.25) is 4.79 Å². The maximum atomic E-state index is 11.9. The number of allylic oxidation sites excluding steroid dienone is 3. The molecule has 270 valence electrons. The molecule has 4 aliphatic carbocycles. The number of carbonyl (C=O) groups excluding carboxylic acids is 1. The molecule has 0 saturated heterocycles. The van der Waals surface area contributed by atoms with Crippen molar-refractivity contribution in [1.29, 1.82) is 0 Å². The lowest BCUT2D eigenvalue weighted by atomic mass is 9.77. The zero-order valence-corrected chi connectivity index (χ0v) is 30.7. The van der Waals surface area contributed by atoms with Crippen LogP contribution in [0.5, 0.6) is 0 Å². The fraction of sp³-hybridized carbons (Fsp3) is 0.286. The minimum absolute atomic E-state index is 0.210. The zero-order chi connectivity index (χ0) is 36.7. The fourth-order valence-corrected chi connectivity index (χ4v) is 8.97. The van der Waals surface area contributed by atoms with Crippen LogP contribution in [-0.4, -0.2) is 24.0 Å². The lowest BCUT2D eigenvalue weighted by molar-refractivity contribution is -0.104. The molecule has 53 heavy (non-hydrogen) atoms. The van der Waals surface area contributed by atoms with Crippen molar-refractivity contribution in [2.75, 3.05) is 6.61 Å². The molecule has 4 heteroatoms. The Balaban J connectivity index is 0.000000143. The number of rotatable bonds is 5. The van der Waals surface area contributed by atoms with Crippen LogP contribution in [0.4, 0.5) is 0 Å². The molecule has 5 aromatic rings. The van der Waals surface area contributed by atoms with Crippen LogP contribution in [0.25, 0.3) is 33.7 Å². The minimum Gasteiger partial charge on any atom is -0.392 e. The van der Waals surface area contributed by atoms with Gasteiger partial charge in [-0.2, -0.15) is 0 Å². The third-order valence-corrected chi connectivity index (χ3v) is 12.0. The van der Waals surface area contributed by atoms with Gasteiger partial charge in [-0.1, -0.05) is 153 Å². The summed E-state index contributed by atoms with van der Waals surface area (Å²) in [5.41, 5.74) is 18.9. The second-order valence-corrected chi connectivity index (χ2v) is 15.2. The molecule has 0 bridgehead atoms. The molecular weight excluding hydrogens is 649 g/mol. The smallest absolute Gasteiger partial charge is 0.150 e. The van der Waals surface area contributed by atoms with E-state index in [2.05, 4.69) is 60.7 Å². The summed E-state index contributed by atoms with van der Waals surface area (Å²) < 4.78 is 0. The molecule has 2 fully saturated rings. The topological polar surface area (TPSA) is 89.3 Å². The van der Waals surface area contributed by atoms with Gasteiger partial charge >= 0.3 is 0 Å². The third kappa shape index (κ3) is 7.77. The minimum atomic E-state index is -0.210. The number of benzene rings is 5. The highest BCUT2D eigenvalue weighted by Crippen LogP contribution is 2.71. The first kappa shape index (κ1) is 36.5. The highest BCUT2D eigenvalue weighted by Gasteiger charge is 2.66. The number of hydrogen-bond donors (Lipinski definition) is 3. The van der Waals surface area contributed by atoms with Gasteiger partial charge in [0.1, 0.15) is 6.29 Å². The van der Waals surface area contributed by atoms with E-state index in [1.807, 2.05) is 84.9 Å². The summed E-state index contributed by atoms with van der Waals surface area (Å²) in [4.78, 5) is 11.9. The molecule has 4 aliphatic rings. The second-order valence-electron chi connectivity index (χ2n) is 15.2. The van der Waals surface area contributed by atoms with Gasteiger partial charge in [0, 0.05) is 28.5 Å². The third-order valence-electron chi connectivity index (χ3n) is 12.0. The van der Waals surface area contributed by atoms with Gasteiger partial charge < -0.3 is 16.6 Å². The molecule has 0 spiro atoms. The molecular formula is C49H52N2O2. The maximum absolute atomic E-state index is 11.9. The van der Waals surface area contributed by atoms with Crippen molar-refractivity contribution in [1.82, 2.24) is 0 Å². The average Bonchev–Trinajstić information content (AvgIpc) is 3.89. The van der Waals surface area contributed by atoms with E-state index < -0.39 is 0 Å². The van der Waals surface area contributed by atoms with Crippen molar-refractivity contribution in [3.63, 3.8) is 0 Å². The van der Waals surface area contributed by atoms with Gasteiger partial charge in [-0.25, -0.2) is 0 Å². The van der Waals surface area contributed by atoms with Crippen molar-refractivity contribution in [2.24, 2.45) is 22.3 Å². The molecule has 0 aliphatic heterocycles. The molecule has 2 saturated carbocycles. The quantitative estimate of drug-likeness (QED) is 0.0967. The van der Waals surface area contributed by atoms with Crippen LogP contribution in [0, 0.1) is 10.8 Å². The summed E-state index contributed by atoms with van der Waals surface area (Å²) in [6.07, 6.45) is 25.4. The predicted molar refractivity (Wildman–Crippen MR) is 222 cm³/mol. The molecule has 4 atom stereocenters. The largest absolute Gasteiger partial charge is 0.392 e. The second kappa shape index (κ2) is 16.4. The Hall–Kier alpha value is -4.87. The Bertz CT molecular complexity index is 2180. The monoisotopic (exact) mass is 700 g/mol. The Morgan fingerprint density at radius 1 is 0.698 bits per heavy atom. The molecule has 5 aromatic carbocycles. The van der Waals surface area contributed by atoms with E-state index in [0.717, 1.165) is 45.4 Å². The van der Waals surface area contributed by atoms with Crippen molar-refractivity contribution >= 4 is 40.0 Å². The summed E-state index contributed by atoms with van der Waals surface area (Å²) in [5.74, 6) is 0. The Kier molecular flexibility index (Phi) is 11.3. The first-order valence-corrected chi connectivity index (χ1v) is 19.4. The number of aliphatic hydroxyl groups excluding tert-OH is 1. The van der Waals surface area contributed by atoms with Crippen LogP contribution in [0.15, 0.2) is 145 Å². The van der Waals surface area contributed by atoms with E-state index >= 15 is 0 Å². The number of aryl methyl sites for hydroxylation is 1. The van der Waals surface area contributed by atoms with Crippen molar-refractivity contribution < 1.29 is 9.90 Å². The van der Waals surface area contributed by atoms with Gasteiger partial charge in [0.2, 0.25) is 0 Å². The van der Waals surface area contributed by atoms with Crippen LogP contribution in [-0.2, 0) is 11.2 Å². The van der Waals surface area contributed by atoms with Crippen LogP contribution < -0.4 is 11.5 Å². The maximum Gasteiger partial charge on any atom is 0.150 e. The van der Waals surface area contributed by atoms with Gasteiger partial charge in [0.15, 0.2) is 0 Å². The lowest BCUT2D eigenvalue weighted by Crippen LogP contribution is -2.35. The number of nitrogens with two attached hydrogens (primary N) is 2. The van der Waals surface area contributed by atoms with E-state index in [9.17, 15) is 9.90 Å². The number of hydrogen-bond acceptors (Lipinski definition) is 4. The van der Waals surface area contributed by atoms with Gasteiger partial charge in [-0.05, 0) is 100 Å². The first-order valence-electron chi connectivity index (χ1n) is 19.4. The first-order chi connectivity index (χ1) is 26.0. The molecule has 5 N–H and O–H groups in total. The molecule has 0 aromatic heterocycles. The van der Waals surface area contributed by atoms with E-state index in [4.69, 9.17) is 11.5 Å². The standard InChI is InChI=1S/C26H20O2.C13H19N.C10H13N/c27-17-23(15-21-11-5-9-19-7-1-3-13-25(19)21)24(18-28)16-22-12-6-10-20-8-2-4-14-26(20)22;14-11-6-2-1-3-7-12-8-4-5-9-13(11,12)10-12;11-10-7-3-5-8-4-1-2-6-9(8)10/h1-17,28H,18H2;4-5,8-9,11H,1-3,6-7,10,14H2;1-2,4,6,10H,3,5,7,11H2/b23-15+,24-16+;;. The predicted octanol–water partition coefficient (Wildman–Crippen LogP) is 10.5. The summed E-state index contributed by atoms with van der Waals surface area (Å²) >= 11 is 0. The van der Waals surface area contributed by atoms with Gasteiger partial charge in [-0.15, -0.1) is 0 Å². The van der Waals surface area contributed by atoms with Crippen LogP contribution in [0.3, 0.4) is 0 Å². The summed E-state index contributed by atoms with van der Waals surface area (Å²) in [7, 11) is 0. The van der Waals surface area contributed by atoms with Crippen molar-refractivity contribution in [3.8, 4) is 0 Å². The number of aldehydes is 1. The number of carbonyl (C=O) groups is 1. The van der Waals surface area contributed by atoms with Crippen molar-refractivity contribution in [2.45, 2.75) is 69.9 Å². The van der Waals surface area contributed by atoms with Crippen LogP contribution in [0.2, 0.25) is 0 Å². The number of aliphatic hydroxyl groups is 1. The zero-order valence-electron chi connectivity index (χ0n) is 30.7. The van der Waals surface area contributed by atoms with Crippen molar-refractivity contribution in [3.05, 3.63) is 167 Å². The van der Waals surface area contributed by atoms with E-state index in [1.54, 1.807) is 0 Å². The van der Waals surface area contributed by atoms with Gasteiger partial charge in [0.05, 0.1) is 6.61 Å². The molecule has 4 unspecified atom stereocenters. The van der Waals surface area contributed by atoms with Crippen LogP contribution >= 0.6 is 0 Å². The Morgan fingerprint density at radius 3 is 2.04 bits per heavy atom. The Labute approximate surface area is 314 Å². The molecule has 0 amide bonds. The van der Waals surface area contributed by atoms with E-state index in [-0.39, 0.29) is 6.61 Å². The summed E-state index contributed by atoms with van der Waals surface area (Å²) in [6, 6.07) is 37.4. The summed E-state index contributed by atoms with van der Waals surface area (Å²) in [5, 5.41) is 14.4. The van der Waals surface area contributed by atoms with Gasteiger partial charge in [0.25, 0.3) is 0 Å². The fourth-order valence-electron chi connectivity index (χ4n) is 8.97. The van der Waals surface area contributed by atoms with Crippen LogP contribution in [0.1, 0.15) is 79.7 Å². The Morgan fingerprint density at radius 2 is 1.34 bits per heavy atom. The molecule has 0 radical (unpaired) electrons. The highest BCUT2D eigenvalue weighted by atomic mass is 16.3. The van der Waals surface area contributed by atoms with E-state index in [0.29, 0.717) is 34.1 Å².